The van der Waals surface area contributed by atoms with Crippen LogP contribution in [0.2, 0.25) is 10.0 Å². The molecule has 0 heterocycles. The molecule has 2 atom stereocenters. The Bertz CT molecular complexity index is 844. The van der Waals surface area contributed by atoms with E-state index < -0.39 is 5.60 Å². The number of carbonyl (C=O) groups is 1. The van der Waals surface area contributed by atoms with Crippen LogP contribution in [0.25, 0.3) is 0 Å². The minimum Gasteiger partial charge on any atom is -0.444 e. The molecule has 3 nitrogen and oxygen atoms in total. The number of hydrogen-bond acceptors (Lipinski definition) is 2. The fraction of sp³-hybridized carbons (Fsp3) is 0.409. The number of halogens is 2. The summed E-state index contributed by atoms with van der Waals surface area (Å²) in [5.41, 5.74) is 3.02. The molecule has 1 amide bonds. The van der Waals surface area contributed by atoms with Crippen molar-refractivity contribution in [3.8, 4) is 0 Å². The van der Waals surface area contributed by atoms with Crippen LogP contribution in [0.15, 0.2) is 42.5 Å². The van der Waals surface area contributed by atoms with Gasteiger partial charge >= 0.3 is 6.09 Å². The van der Waals surface area contributed by atoms with Gasteiger partial charge in [0.05, 0.1) is 16.1 Å². The van der Waals surface area contributed by atoms with Crippen LogP contribution in [0, 0.1) is 0 Å². The molecule has 0 saturated heterocycles. The molecule has 0 spiro atoms. The first-order valence-electron chi connectivity index (χ1n) is 9.17. The molecule has 1 aliphatic carbocycles. The molecule has 0 bridgehead atoms. The lowest BCUT2D eigenvalue weighted by Crippen LogP contribution is -2.38. The number of rotatable bonds is 2. The van der Waals surface area contributed by atoms with Crippen molar-refractivity contribution in [1.82, 2.24) is 4.90 Å². The van der Waals surface area contributed by atoms with Crippen LogP contribution in [0.5, 0.6) is 0 Å². The molecule has 0 fully saturated rings. The summed E-state index contributed by atoms with van der Waals surface area (Å²) in [5.74, 6) is 0.235. The fourth-order valence-electron chi connectivity index (χ4n) is 3.71. The lowest BCUT2D eigenvalue weighted by atomic mass is 9.76. The maximum atomic E-state index is 12.6. The van der Waals surface area contributed by atoms with E-state index in [1.165, 1.54) is 5.56 Å². The minimum absolute atomic E-state index is 0.00456. The second kappa shape index (κ2) is 7.73. The zero-order valence-electron chi connectivity index (χ0n) is 16.1. The van der Waals surface area contributed by atoms with Crippen molar-refractivity contribution in [1.29, 1.82) is 0 Å². The first-order chi connectivity index (χ1) is 12.7. The number of ether oxygens (including phenoxy) is 1. The first-order valence-corrected chi connectivity index (χ1v) is 9.92. The van der Waals surface area contributed by atoms with Crippen molar-refractivity contribution in [2.75, 3.05) is 7.05 Å². The molecule has 0 saturated carbocycles. The lowest BCUT2D eigenvalue weighted by molar-refractivity contribution is 0.0202. The smallest absolute Gasteiger partial charge is 0.410 e. The highest BCUT2D eigenvalue weighted by atomic mass is 35.5. The Morgan fingerprint density at radius 3 is 2.33 bits per heavy atom. The molecule has 144 valence electrons. The largest absolute Gasteiger partial charge is 0.444 e. The topological polar surface area (TPSA) is 29.5 Å². The highest BCUT2D eigenvalue weighted by Gasteiger charge is 2.33. The number of nitrogens with zero attached hydrogens (tertiary/aromatic N) is 1. The Labute approximate surface area is 171 Å². The Morgan fingerprint density at radius 2 is 1.70 bits per heavy atom. The fourth-order valence-corrected chi connectivity index (χ4v) is 4.01. The number of amides is 1. The van der Waals surface area contributed by atoms with E-state index in [1.54, 1.807) is 4.90 Å². The van der Waals surface area contributed by atoms with E-state index in [4.69, 9.17) is 27.9 Å². The maximum absolute atomic E-state index is 12.6. The van der Waals surface area contributed by atoms with E-state index in [0.717, 1.165) is 24.0 Å². The van der Waals surface area contributed by atoms with Crippen LogP contribution in [-0.2, 0) is 4.74 Å². The van der Waals surface area contributed by atoms with E-state index >= 15 is 0 Å². The van der Waals surface area contributed by atoms with Gasteiger partial charge in [0.2, 0.25) is 0 Å². The van der Waals surface area contributed by atoms with Gasteiger partial charge in [0.1, 0.15) is 5.60 Å². The summed E-state index contributed by atoms with van der Waals surface area (Å²) in [6.45, 7) is 5.65. The van der Waals surface area contributed by atoms with E-state index in [0.29, 0.717) is 10.0 Å². The van der Waals surface area contributed by atoms with Crippen LogP contribution < -0.4 is 0 Å². The van der Waals surface area contributed by atoms with Crippen LogP contribution >= 0.6 is 23.2 Å². The summed E-state index contributed by atoms with van der Waals surface area (Å²) in [7, 11) is 1.81. The molecule has 2 aromatic carbocycles. The Balaban J connectivity index is 1.92. The summed E-state index contributed by atoms with van der Waals surface area (Å²) >= 11 is 12.3. The highest BCUT2D eigenvalue weighted by Crippen LogP contribution is 2.44. The Morgan fingerprint density at radius 1 is 1.04 bits per heavy atom. The van der Waals surface area contributed by atoms with Gasteiger partial charge in [0.15, 0.2) is 0 Å². The summed E-state index contributed by atoms with van der Waals surface area (Å²) in [6.07, 6.45) is 1.49. The molecule has 0 aromatic heterocycles. The number of hydrogen-bond donors (Lipinski definition) is 0. The maximum Gasteiger partial charge on any atom is 0.410 e. The van der Waals surface area contributed by atoms with Crippen molar-refractivity contribution in [3.05, 3.63) is 69.2 Å². The molecule has 2 aromatic rings. The van der Waals surface area contributed by atoms with E-state index in [-0.39, 0.29) is 18.1 Å². The van der Waals surface area contributed by atoms with Gasteiger partial charge in [0, 0.05) is 13.0 Å². The molecule has 3 rings (SSSR count). The molecule has 27 heavy (non-hydrogen) atoms. The van der Waals surface area contributed by atoms with Gasteiger partial charge in [-0.2, -0.15) is 0 Å². The van der Waals surface area contributed by atoms with E-state index in [9.17, 15) is 4.79 Å². The SMILES string of the molecule is CN(C(=O)OC(C)(C)C)C1CCC(c2ccc(Cl)c(Cl)c2)c2ccccc21. The third-order valence-electron chi connectivity index (χ3n) is 4.95. The molecule has 0 aliphatic heterocycles. The number of carbonyl (C=O) groups excluding carboxylic acids is 1. The number of benzene rings is 2. The summed E-state index contributed by atoms with van der Waals surface area (Å²) in [6, 6.07) is 14.1. The van der Waals surface area contributed by atoms with E-state index in [2.05, 4.69) is 12.1 Å². The molecular weight excluding hydrogens is 381 g/mol. The van der Waals surface area contributed by atoms with Crippen LogP contribution in [-0.4, -0.2) is 23.6 Å². The predicted molar refractivity (Wildman–Crippen MR) is 111 cm³/mol. The third kappa shape index (κ3) is 4.41. The van der Waals surface area contributed by atoms with Gasteiger partial charge < -0.3 is 9.64 Å². The zero-order valence-corrected chi connectivity index (χ0v) is 17.6. The summed E-state index contributed by atoms with van der Waals surface area (Å²) < 4.78 is 5.56. The normalized spacial score (nSPS) is 19.3. The second-order valence-corrected chi connectivity index (χ2v) is 8.85. The van der Waals surface area contributed by atoms with Gasteiger partial charge in [-0.25, -0.2) is 4.79 Å². The highest BCUT2D eigenvalue weighted by molar-refractivity contribution is 6.42. The van der Waals surface area contributed by atoms with Gasteiger partial charge in [-0.05, 0) is 62.4 Å². The average molecular weight is 406 g/mol. The standard InChI is InChI=1S/C22H25Cl2NO2/c1-22(2,3)27-21(26)25(4)20-12-10-15(16-7-5-6-8-17(16)20)14-9-11-18(23)19(24)13-14/h5-9,11,13,15,20H,10,12H2,1-4H3. The summed E-state index contributed by atoms with van der Waals surface area (Å²) in [5, 5.41) is 1.13. The molecule has 1 aliphatic rings. The van der Waals surface area contributed by atoms with Gasteiger partial charge in [0.25, 0.3) is 0 Å². The van der Waals surface area contributed by atoms with E-state index in [1.807, 2.05) is 58.2 Å². The van der Waals surface area contributed by atoms with Crippen LogP contribution in [0.1, 0.15) is 62.3 Å². The monoisotopic (exact) mass is 405 g/mol. The zero-order chi connectivity index (χ0) is 19.8. The Hall–Kier alpha value is -1.71. The molecule has 0 radical (unpaired) electrons. The lowest BCUT2D eigenvalue weighted by Gasteiger charge is -2.37. The van der Waals surface area contributed by atoms with Gasteiger partial charge in [-0.1, -0.05) is 53.5 Å². The van der Waals surface area contributed by atoms with Gasteiger partial charge in [-0.15, -0.1) is 0 Å². The third-order valence-corrected chi connectivity index (χ3v) is 5.69. The van der Waals surface area contributed by atoms with Crippen molar-refractivity contribution >= 4 is 29.3 Å². The second-order valence-electron chi connectivity index (χ2n) is 8.04. The van der Waals surface area contributed by atoms with Crippen molar-refractivity contribution in [2.45, 2.75) is 51.2 Å². The summed E-state index contributed by atoms with van der Waals surface area (Å²) in [4.78, 5) is 14.3. The molecule has 0 N–H and O–H groups in total. The molecular formula is C22H25Cl2NO2. The molecule has 5 heteroatoms. The Kier molecular flexibility index (Phi) is 5.73. The van der Waals surface area contributed by atoms with Crippen molar-refractivity contribution in [3.63, 3.8) is 0 Å². The van der Waals surface area contributed by atoms with Gasteiger partial charge in [-0.3, -0.25) is 0 Å². The molecule has 2 unspecified atom stereocenters. The van der Waals surface area contributed by atoms with Crippen molar-refractivity contribution < 1.29 is 9.53 Å². The number of fused-ring (bicyclic) bond motifs is 1. The van der Waals surface area contributed by atoms with Crippen LogP contribution in [0.3, 0.4) is 0 Å². The van der Waals surface area contributed by atoms with Crippen LogP contribution in [0.4, 0.5) is 4.79 Å². The minimum atomic E-state index is -0.512. The predicted octanol–water partition coefficient (Wildman–Crippen LogP) is 6.83. The quantitative estimate of drug-likeness (QED) is 0.547. The first kappa shape index (κ1) is 20.0. The average Bonchev–Trinajstić information content (AvgIpc) is 2.61. The van der Waals surface area contributed by atoms with Crippen molar-refractivity contribution in [2.24, 2.45) is 0 Å².